The number of hydrogen-bond acceptors (Lipinski definition) is 3. The first kappa shape index (κ1) is 15.9. The minimum Gasteiger partial charge on any atom is -0.393 e. The van der Waals surface area contributed by atoms with Crippen LogP contribution < -0.4 is 0 Å². The highest BCUT2D eigenvalue weighted by atomic mass is 32.2. The molecular formula is C11H24O4S. The molecule has 0 radical (unpaired) electrons. The minimum absolute atomic E-state index is 0.268. The van der Waals surface area contributed by atoms with E-state index in [2.05, 4.69) is 0 Å². The number of aliphatic hydroxyl groups excluding tert-OH is 1. The van der Waals surface area contributed by atoms with E-state index < -0.39 is 15.4 Å². The molecule has 0 bridgehead atoms. The van der Waals surface area contributed by atoms with E-state index in [1.54, 1.807) is 6.92 Å². The van der Waals surface area contributed by atoms with Gasteiger partial charge in [0, 0.05) is 0 Å². The van der Waals surface area contributed by atoms with Crippen molar-refractivity contribution in [3.8, 4) is 0 Å². The lowest BCUT2D eigenvalue weighted by atomic mass is 10.1. The van der Waals surface area contributed by atoms with Gasteiger partial charge in [-0.25, -0.2) is 0 Å². The maximum absolute atomic E-state index is 10.9. The van der Waals surface area contributed by atoms with E-state index >= 15 is 0 Å². The van der Waals surface area contributed by atoms with Crippen LogP contribution in [0.1, 0.15) is 58.8 Å². The Balaban J connectivity index is 3.72. The lowest BCUT2D eigenvalue weighted by Gasteiger charge is -2.12. The highest BCUT2D eigenvalue weighted by molar-refractivity contribution is 7.86. The molecule has 0 aromatic rings. The zero-order valence-corrected chi connectivity index (χ0v) is 11.0. The van der Waals surface area contributed by atoms with Crippen LogP contribution >= 0.6 is 0 Å². The maximum atomic E-state index is 10.9. The summed E-state index contributed by atoms with van der Waals surface area (Å²) in [5.74, 6) is 0. The van der Waals surface area contributed by atoms with Crippen LogP contribution in [0.15, 0.2) is 0 Å². The molecule has 0 aliphatic carbocycles. The summed E-state index contributed by atoms with van der Waals surface area (Å²) in [6, 6.07) is 0. The molecule has 2 N–H and O–H groups in total. The quantitative estimate of drug-likeness (QED) is 0.488. The van der Waals surface area contributed by atoms with E-state index in [1.807, 2.05) is 6.92 Å². The van der Waals surface area contributed by atoms with Gasteiger partial charge in [0.15, 0.2) is 0 Å². The van der Waals surface area contributed by atoms with Gasteiger partial charge in [0.05, 0.1) is 11.4 Å². The van der Waals surface area contributed by atoms with Gasteiger partial charge in [0.1, 0.15) is 0 Å². The van der Waals surface area contributed by atoms with Crippen molar-refractivity contribution >= 4 is 10.1 Å². The standard InChI is InChI=1S/C11H24O4S/c1-3-7-10(12)8-5-6-9-11(4-2)16(13,14)15/h10-12H,3-9H2,1-2H3,(H,13,14,15). The second-order valence-corrected chi connectivity index (χ2v) is 5.97. The van der Waals surface area contributed by atoms with Crippen LogP contribution in [0.5, 0.6) is 0 Å². The first-order chi connectivity index (χ1) is 7.41. The van der Waals surface area contributed by atoms with E-state index in [4.69, 9.17) is 4.55 Å². The predicted octanol–water partition coefficient (Wildman–Crippen LogP) is 2.37. The summed E-state index contributed by atoms with van der Waals surface area (Å²) < 4.78 is 30.7. The van der Waals surface area contributed by atoms with Crippen molar-refractivity contribution in [2.24, 2.45) is 0 Å². The van der Waals surface area contributed by atoms with Gasteiger partial charge in [-0.05, 0) is 25.7 Å². The molecule has 5 heteroatoms. The Morgan fingerprint density at radius 3 is 2.06 bits per heavy atom. The van der Waals surface area contributed by atoms with Crippen LogP contribution in [-0.2, 0) is 10.1 Å². The average molecular weight is 252 g/mol. The van der Waals surface area contributed by atoms with E-state index in [0.29, 0.717) is 12.8 Å². The van der Waals surface area contributed by atoms with E-state index in [9.17, 15) is 13.5 Å². The van der Waals surface area contributed by atoms with E-state index in [1.165, 1.54) is 0 Å². The Morgan fingerprint density at radius 1 is 1.06 bits per heavy atom. The van der Waals surface area contributed by atoms with Crippen molar-refractivity contribution in [2.45, 2.75) is 70.1 Å². The monoisotopic (exact) mass is 252 g/mol. The zero-order chi connectivity index (χ0) is 12.6. The molecule has 16 heavy (non-hydrogen) atoms. The lowest BCUT2D eigenvalue weighted by molar-refractivity contribution is 0.150. The molecule has 0 aromatic heterocycles. The molecule has 0 aromatic carbocycles. The smallest absolute Gasteiger partial charge is 0.267 e. The molecule has 0 aliphatic rings. The molecule has 0 fully saturated rings. The lowest BCUT2D eigenvalue weighted by Crippen LogP contribution is -2.19. The van der Waals surface area contributed by atoms with Crippen LogP contribution in [0.25, 0.3) is 0 Å². The fourth-order valence-electron chi connectivity index (χ4n) is 1.79. The fourth-order valence-corrected chi connectivity index (χ4v) is 2.68. The maximum Gasteiger partial charge on any atom is 0.267 e. The van der Waals surface area contributed by atoms with E-state index in [0.717, 1.165) is 32.1 Å². The van der Waals surface area contributed by atoms with Crippen LogP contribution in [0, 0.1) is 0 Å². The minimum atomic E-state index is -3.89. The normalized spacial score (nSPS) is 16.0. The average Bonchev–Trinajstić information content (AvgIpc) is 2.16. The summed E-state index contributed by atoms with van der Waals surface area (Å²) in [6.07, 6.45) is 4.68. The first-order valence-electron chi connectivity index (χ1n) is 6.06. The Morgan fingerprint density at radius 2 is 1.62 bits per heavy atom. The summed E-state index contributed by atoms with van der Waals surface area (Å²) in [4.78, 5) is 0. The number of unbranched alkanes of at least 4 members (excludes halogenated alkanes) is 1. The molecule has 0 heterocycles. The van der Waals surface area contributed by atoms with Crippen molar-refractivity contribution in [3.63, 3.8) is 0 Å². The largest absolute Gasteiger partial charge is 0.393 e. The number of aliphatic hydroxyl groups is 1. The van der Waals surface area contributed by atoms with Crippen molar-refractivity contribution < 1.29 is 18.1 Å². The third-order valence-corrected chi connectivity index (χ3v) is 4.22. The SMILES string of the molecule is CCCC(O)CCCCC(CC)S(=O)(=O)O. The predicted molar refractivity (Wildman–Crippen MR) is 65.0 cm³/mol. The second kappa shape index (κ2) is 8.03. The summed E-state index contributed by atoms with van der Waals surface area (Å²) in [5.41, 5.74) is 0. The highest BCUT2D eigenvalue weighted by Gasteiger charge is 2.20. The molecule has 0 aliphatic heterocycles. The van der Waals surface area contributed by atoms with Gasteiger partial charge in [-0.15, -0.1) is 0 Å². The topological polar surface area (TPSA) is 74.6 Å². The van der Waals surface area contributed by atoms with Crippen LogP contribution in [0.4, 0.5) is 0 Å². The Hall–Kier alpha value is -0.130. The fraction of sp³-hybridized carbons (Fsp3) is 1.00. The molecule has 98 valence electrons. The van der Waals surface area contributed by atoms with Gasteiger partial charge in [0.2, 0.25) is 0 Å². The summed E-state index contributed by atoms with van der Waals surface area (Å²) in [5, 5.41) is 8.82. The molecule has 0 rings (SSSR count). The molecule has 0 saturated carbocycles. The molecule has 0 saturated heterocycles. The van der Waals surface area contributed by atoms with E-state index in [-0.39, 0.29) is 6.10 Å². The molecule has 4 nitrogen and oxygen atoms in total. The van der Waals surface area contributed by atoms with Crippen LogP contribution in [0.2, 0.25) is 0 Å². The molecule has 0 amide bonds. The van der Waals surface area contributed by atoms with Crippen molar-refractivity contribution in [2.75, 3.05) is 0 Å². The summed E-state index contributed by atoms with van der Waals surface area (Å²) >= 11 is 0. The van der Waals surface area contributed by atoms with Gasteiger partial charge < -0.3 is 5.11 Å². The molecule has 0 spiro atoms. The number of rotatable bonds is 9. The van der Waals surface area contributed by atoms with Crippen molar-refractivity contribution in [1.82, 2.24) is 0 Å². The third kappa shape index (κ3) is 7.19. The number of hydrogen-bond donors (Lipinski definition) is 2. The van der Waals surface area contributed by atoms with Crippen LogP contribution in [0.3, 0.4) is 0 Å². The molecule has 2 unspecified atom stereocenters. The van der Waals surface area contributed by atoms with Gasteiger partial charge >= 0.3 is 0 Å². The van der Waals surface area contributed by atoms with Gasteiger partial charge in [-0.1, -0.05) is 33.1 Å². The molecular weight excluding hydrogens is 228 g/mol. The Bertz CT molecular complexity index is 261. The highest BCUT2D eigenvalue weighted by Crippen LogP contribution is 2.15. The Kier molecular flexibility index (Phi) is 7.97. The summed E-state index contributed by atoms with van der Waals surface area (Å²) in [6.45, 7) is 3.78. The summed E-state index contributed by atoms with van der Waals surface area (Å²) in [7, 11) is -3.89. The zero-order valence-electron chi connectivity index (χ0n) is 10.2. The van der Waals surface area contributed by atoms with Gasteiger partial charge in [0.25, 0.3) is 10.1 Å². The van der Waals surface area contributed by atoms with Crippen molar-refractivity contribution in [3.05, 3.63) is 0 Å². The van der Waals surface area contributed by atoms with Gasteiger partial charge in [-0.3, -0.25) is 4.55 Å². The second-order valence-electron chi connectivity index (χ2n) is 4.27. The first-order valence-corrected chi connectivity index (χ1v) is 7.56. The van der Waals surface area contributed by atoms with Crippen molar-refractivity contribution in [1.29, 1.82) is 0 Å². The molecule has 2 atom stereocenters. The van der Waals surface area contributed by atoms with Gasteiger partial charge in [-0.2, -0.15) is 8.42 Å². The third-order valence-electron chi connectivity index (χ3n) is 2.81. The Labute approximate surface area is 98.8 Å². The van der Waals surface area contributed by atoms with Crippen LogP contribution in [-0.4, -0.2) is 29.4 Å².